The van der Waals surface area contributed by atoms with Crippen LogP contribution in [0.1, 0.15) is 16.7 Å². The first kappa shape index (κ1) is 19.8. The topological polar surface area (TPSA) is 50.8 Å². The van der Waals surface area contributed by atoms with Gasteiger partial charge in [-0.15, -0.1) is 0 Å². The zero-order chi connectivity index (χ0) is 19.6. The number of methoxy groups -OCH3 is 2. The molecule has 1 aliphatic rings. The van der Waals surface area contributed by atoms with Crippen molar-refractivity contribution in [2.24, 2.45) is 0 Å². The summed E-state index contributed by atoms with van der Waals surface area (Å²) < 4.78 is 10.7. The second-order valence-electron chi connectivity index (χ2n) is 6.54. The maximum atomic E-state index is 12.5. The zero-order valence-corrected chi connectivity index (χ0v) is 17.1. The van der Waals surface area contributed by atoms with Crippen LogP contribution in [0.3, 0.4) is 0 Å². The average molecular weight is 409 g/mol. The predicted octanol–water partition coefficient (Wildman–Crippen LogP) is 4.32. The van der Waals surface area contributed by atoms with E-state index in [1.807, 2.05) is 25.1 Å². The van der Waals surface area contributed by atoms with Crippen molar-refractivity contribution in [2.75, 3.05) is 32.6 Å². The van der Waals surface area contributed by atoms with Crippen molar-refractivity contribution in [3.8, 4) is 11.5 Å². The van der Waals surface area contributed by atoms with Crippen molar-refractivity contribution < 1.29 is 14.3 Å². The molecule has 3 rings (SSSR count). The monoisotopic (exact) mass is 408 g/mol. The van der Waals surface area contributed by atoms with Gasteiger partial charge in [-0.1, -0.05) is 29.3 Å². The molecule has 0 unspecified atom stereocenters. The highest BCUT2D eigenvalue weighted by Crippen LogP contribution is 2.34. The van der Waals surface area contributed by atoms with Gasteiger partial charge in [0.2, 0.25) is 5.91 Å². The molecule has 0 bridgehead atoms. The molecule has 0 aliphatic carbocycles. The number of carbonyl (C=O) groups is 1. The molecule has 0 saturated carbocycles. The summed E-state index contributed by atoms with van der Waals surface area (Å²) in [5.41, 5.74) is 3.68. The van der Waals surface area contributed by atoms with Crippen LogP contribution in [-0.4, -0.2) is 38.1 Å². The standard InChI is InChI=1S/C20H22Cl2N2O3/c1-12-4-5-15(21)20(19(12)22)23-18(25)11-24-7-6-13-8-16(26-2)17(27-3)9-14(13)10-24/h4-5,8-9H,6-7,10-11H2,1-3H3,(H,23,25). The van der Waals surface area contributed by atoms with E-state index in [1.54, 1.807) is 20.3 Å². The third-order valence-electron chi connectivity index (χ3n) is 4.71. The Balaban J connectivity index is 1.70. The Hall–Kier alpha value is -1.95. The van der Waals surface area contributed by atoms with Crippen LogP contribution in [0.2, 0.25) is 10.0 Å². The van der Waals surface area contributed by atoms with E-state index in [0.717, 1.165) is 29.8 Å². The number of nitrogens with zero attached hydrogens (tertiary/aromatic N) is 1. The smallest absolute Gasteiger partial charge is 0.238 e. The van der Waals surface area contributed by atoms with Gasteiger partial charge in [0, 0.05) is 13.1 Å². The van der Waals surface area contributed by atoms with Crippen LogP contribution in [0.25, 0.3) is 0 Å². The number of aryl methyl sites for hydroxylation is 1. The largest absolute Gasteiger partial charge is 0.493 e. The lowest BCUT2D eigenvalue weighted by molar-refractivity contribution is -0.117. The van der Waals surface area contributed by atoms with Crippen molar-refractivity contribution in [3.05, 3.63) is 51.0 Å². The number of halogens is 2. The average Bonchev–Trinajstić information content (AvgIpc) is 2.67. The van der Waals surface area contributed by atoms with E-state index in [4.69, 9.17) is 32.7 Å². The van der Waals surface area contributed by atoms with E-state index in [-0.39, 0.29) is 12.5 Å². The van der Waals surface area contributed by atoms with Gasteiger partial charge in [0.25, 0.3) is 0 Å². The normalized spacial score (nSPS) is 13.8. The highest BCUT2D eigenvalue weighted by molar-refractivity contribution is 6.40. The molecule has 0 fully saturated rings. The van der Waals surface area contributed by atoms with Crippen molar-refractivity contribution in [1.29, 1.82) is 0 Å². The Morgan fingerprint density at radius 3 is 2.48 bits per heavy atom. The molecule has 7 heteroatoms. The predicted molar refractivity (Wildman–Crippen MR) is 108 cm³/mol. The summed E-state index contributed by atoms with van der Waals surface area (Å²) in [7, 11) is 3.25. The maximum absolute atomic E-state index is 12.5. The van der Waals surface area contributed by atoms with Crippen molar-refractivity contribution >= 4 is 34.8 Å². The Labute approximate surface area is 169 Å². The third kappa shape index (κ3) is 4.32. The first-order chi connectivity index (χ1) is 12.9. The Bertz CT molecular complexity index is 871. The molecular formula is C20H22Cl2N2O3. The second kappa shape index (κ2) is 8.38. The second-order valence-corrected chi connectivity index (χ2v) is 7.32. The number of rotatable bonds is 5. The first-order valence-corrected chi connectivity index (χ1v) is 9.39. The minimum Gasteiger partial charge on any atom is -0.493 e. The number of amides is 1. The number of carbonyl (C=O) groups excluding carboxylic acids is 1. The number of nitrogens with one attached hydrogen (secondary N) is 1. The summed E-state index contributed by atoms with van der Waals surface area (Å²) in [6.45, 7) is 3.58. The molecule has 144 valence electrons. The van der Waals surface area contributed by atoms with E-state index in [0.29, 0.717) is 28.0 Å². The molecule has 0 radical (unpaired) electrons. The molecule has 0 aromatic heterocycles. The van der Waals surface area contributed by atoms with E-state index < -0.39 is 0 Å². The van der Waals surface area contributed by atoms with Gasteiger partial charge >= 0.3 is 0 Å². The van der Waals surface area contributed by atoms with Crippen LogP contribution in [0.15, 0.2) is 24.3 Å². The summed E-state index contributed by atoms with van der Waals surface area (Å²) in [6, 6.07) is 7.54. The summed E-state index contributed by atoms with van der Waals surface area (Å²) in [5, 5.41) is 3.74. The highest BCUT2D eigenvalue weighted by atomic mass is 35.5. The van der Waals surface area contributed by atoms with E-state index in [2.05, 4.69) is 10.2 Å². The van der Waals surface area contributed by atoms with Crippen LogP contribution in [0.4, 0.5) is 5.69 Å². The molecule has 27 heavy (non-hydrogen) atoms. The number of hydrogen-bond donors (Lipinski definition) is 1. The number of ether oxygens (including phenoxy) is 2. The summed E-state index contributed by atoms with van der Waals surface area (Å²) in [4.78, 5) is 14.6. The van der Waals surface area contributed by atoms with Crippen LogP contribution in [0.5, 0.6) is 11.5 Å². The Kier molecular flexibility index (Phi) is 6.15. The molecule has 1 heterocycles. The highest BCUT2D eigenvalue weighted by Gasteiger charge is 2.22. The zero-order valence-electron chi connectivity index (χ0n) is 15.6. The summed E-state index contributed by atoms with van der Waals surface area (Å²) in [5.74, 6) is 1.28. The van der Waals surface area contributed by atoms with Crippen LogP contribution in [0, 0.1) is 6.92 Å². The molecule has 2 aromatic rings. The molecule has 0 atom stereocenters. The lowest BCUT2D eigenvalue weighted by Gasteiger charge is -2.29. The summed E-state index contributed by atoms with van der Waals surface area (Å²) in [6.07, 6.45) is 0.842. The van der Waals surface area contributed by atoms with Gasteiger partial charge in [-0.05, 0) is 48.2 Å². The Morgan fingerprint density at radius 1 is 1.15 bits per heavy atom. The van der Waals surface area contributed by atoms with Crippen molar-refractivity contribution in [1.82, 2.24) is 4.90 Å². The van der Waals surface area contributed by atoms with Gasteiger partial charge in [0.05, 0.1) is 36.5 Å². The molecule has 0 spiro atoms. The number of benzene rings is 2. The lowest BCUT2D eigenvalue weighted by atomic mass is 9.99. The van der Waals surface area contributed by atoms with Crippen LogP contribution >= 0.6 is 23.2 Å². The summed E-state index contributed by atoms with van der Waals surface area (Å²) >= 11 is 12.5. The minimum atomic E-state index is -0.145. The number of hydrogen-bond acceptors (Lipinski definition) is 4. The lowest BCUT2D eigenvalue weighted by Crippen LogP contribution is -2.37. The van der Waals surface area contributed by atoms with Crippen LogP contribution in [-0.2, 0) is 17.8 Å². The fraction of sp³-hybridized carbons (Fsp3) is 0.350. The first-order valence-electron chi connectivity index (χ1n) is 8.63. The van der Waals surface area contributed by atoms with Gasteiger partial charge < -0.3 is 14.8 Å². The van der Waals surface area contributed by atoms with Crippen molar-refractivity contribution in [2.45, 2.75) is 19.9 Å². The molecule has 2 aromatic carbocycles. The fourth-order valence-electron chi connectivity index (χ4n) is 3.23. The third-order valence-corrected chi connectivity index (χ3v) is 5.51. The molecule has 0 saturated heterocycles. The SMILES string of the molecule is COc1cc2c(cc1OC)CN(CC(=O)Nc1c(Cl)ccc(C)c1Cl)CC2. The van der Waals surface area contributed by atoms with Gasteiger partial charge in [-0.2, -0.15) is 0 Å². The Morgan fingerprint density at radius 2 is 1.81 bits per heavy atom. The number of anilines is 1. The molecular weight excluding hydrogens is 387 g/mol. The quantitative estimate of drug-likeness (QED) is 0.800. The van der Waals surface area contributed by atoms with Gasteiger partial charge in [-0.25, -0.2) is 0 Å². The molecule has 1 aliphatic heterocycles. The van der Waals surface area contributed by atoms with E-state index in [9.17, 15) is 4.79 Å². The fourth-order valence-corrected chi connectivity index (χ4v) is 3.70. The maximum Gasteiger partial charge on any atom is 0.238 e. The number of fused-ring (bicyclic) bond motifs is 1. The molecule has 1 amide bonds. The molecule has 5 nitrogen and oxygen atoms in total. The minimum absolute atomic E-state index is 0.145. The van der Waals surface area contributed by atoms with Gasteiger partial charge in [0.15, 0.2) is 11.5 Å². The molecule has 1 N–H and O–H groups in total. The van der Waals surface area contributed by atoms with Gasteiger partial charge in [0.1, 0.15) is 0 Å². The van der Waals surface area contributed by atoms with Crippen LogP contribution < -0.4 is 14.8 Å². The van der Waals surface area contributed by atoms with E-state index in [1.165, 1.54) is 5.56 Å². The van der Waals surface area contributed by atoms with E-state index >= 15 is 0 Å². The van der Waals surface area contributed by atoms with Gasteiger partial charge in [-0.3, -0.25) is 9.69 Å². The van der Waals surface area contributed by atoms with Crippen molar-refractivity contribution in [3.63, 3.8) is 0 Å².